The van der Waals surface area contributed by atoms with E-state index in [1.54, 1.807) is 0 Å². The second-order valence-corrected chi connectivity index (χ2v) is 5.87. The third-order valence-electron chi connectivity index (χ3n) is 4.40. The fourth-order valence-corrected chi connectivity index (χ4v) is 3.20. The molecular weight excluding hydrogens is 242 g/mol. The highest BCUT2D eigenvalue weighted by molar-refractivity contribution is 5.77. The molecule has 2 saturated heterocycles. The number of rotatable bonds is 5. The topological polar surface area (TPSA) is 47.6 Å². The molecule has 19 heavy (non-hydrogen) atoms. The third-order valence-corrected chi connectivity index (χ3v) is 4.40. The van der Waals surface area contributed by atoms with Crippen molar-refractivity contribution in [3.8, 4) is 0 Å². The minimum Gasteiger partial charge on any atom is -0.463 e. The molecule has 0 bridgehead atoms. The molecule has 2 aliphatic rings. The number of carbonyl (C=O) groups is 1. The Bertz CT molecular complexity index is 276. The van der Waals surface area contributed by atoms with E-state index in [4.69, 9.17) is 9.47 Å². The van der Waals surface area contributed by atoms with Crippen molar-refractivity contribution in [3.63, 3.8) is 0 Å². The van der Waals surface area contributed by atoms with Gasteiger partial charge in [-0.15, -0.1) is 0 Å². The molecule has 0 aromatic heterocycles. The van der Waals surface area contributed by atoms with Crippen LogP contribution in [-0.2, 0) is 14.3 Å². The van der Waals surface area contributed by atoms with Crippen molar-refractivity contribution in [1.29, 1.82) is 0 Å². The van der Waals surface area contributed by atoms with Crippen molar-refractivity contribution in [1.82, 2.24) is 5.32 Å². The summed E-state index contributed by atoms with van der Waals surface area (Å²) >= 11 is 0. The summed E-state index contributed by atoms with van der Waals surface area (Å²) in [6.07, 6.45) is 7.26. The number of hydrogen-bond acceptors (Lipinski definition) is 4. The van der Waals surface area contributed by atoms with Crippen LogP contribution >= 0.6 is 0 Å². The Labute approximate surface area is 116 Å². The number of piperidine rings is 1. The number of ether oxygens (including phenoxy) is 2. The first-order valence-corrected chi connectivity index (χ1v) is 7.76. The van der Waals surface area contributed by atoms with Gasteiger partial charge >= 0.3 is 5.97 Å². The standard InChI is InChI=1S/C15H27NO3/c1-2-6-15(7-9-16-10-8-15)14(17)19-12-13-5-3-4-11-18-13/h13,16H,2-12H2,1H3. The van der Waals surface area contributed by atoms with Gasteiger partial charge in [0.2, 0.25) is 0 Å². The number of esters is 1. The van der Waals surface area contributed by atoms with E-state index < -0.39 is 0 Å². The molecule has 2 aliphatic heterocycles. The first kappa shape index (κ1) is 14.8. The highest BCUT2D eigenvalue weighted by Crippen LogP contribution is 2.35. The molecule has 4 heteroatoms. The summed E-state index contributed by atoms with van der Waals surface area (Å²) in [5.41, 5.74) is -0.241. The van der Waals surface area contributed by atoms with E-state index >= 15 is 0 Å². The van der Waals surface area contributed by atoms with Gasteiger partial charge in [0.1, 0.15) is 6.61 Å². The lowest BCUT2D eigenvalue weighted by Gasteiger charge is -2.35. The smallest absolute Gasteiger partial charge is 0.312 e. The van der Waals surface area contributed by atoms with Gasteiger partial charge in [0.25, 0.3) is 0 Å². The number of nitrogens with one attached hydrogen (secondary N) is 1. The summed E-state index contributed by atoms with van der Waals surface area (Å²) in [5.74, 6) is 0.00465. The zero-order chi connectivity index (χ0) is 13.6. The molecular formula is C15H27NO3. The lowest BCUT2D eigenvalue weighted by atomic mass is 9.75. The van der Waals surface area contributed by atoms with Crippen LogP contribution in [0.1, 0.15) is 51.9 Å². The zero-order valence-electron chi connectivity index (χ0n) is 12.1. The SMILES string of the molecule is CCCC1(C(=O)OCC2CCCCO2)CCNCC1. The summed E-state index contributed by atoms with van der Waals surface area (Å²) in [6, 6.07) is 0. The van der Waals surface area contributed by atoms with Gasteiger partial charge in [0.05, 0.1) is 11.5 Å². The molecule has 4 nitrogen and oxygen atoms in total. The summed E-state index contributed by atoms with van der Waals surface area (Å²) in [5, 5.41) is 3.33. The van der Waals surface area contributed by atoms with E-state index in [-0.39, 0.29) is 17.5 Å². The number of hydrogen-bond donors (Lipinski definition) is 1. The van der Waals surface area contributed by atoms with E-state index in [9.17, 15) is 4.79 Å². The molecule has 2 heterocycles. The van der Waals surface area contributed by atoms with Crippen LogP contribution in [0.4, 0.5) is 0 Å². The molecule has 0 radical (unpaired) electrons. The van der Waals surface area contributed by atoms with Gasteiger partial charge in [-0.1, -0.05) is 13.3 Å². The van der Waals surface area contributed by atoms with Crippen LogP contribution in [0, 0.1) is 5.41 Å². The lowest BCUT2D eigenvalue weighted by molar-refractivity contribution is -0.163. The molecule has 2 rings (SSSR count). The maximum Gasteiger partial charge on any atom is 0.312 e. The predicted octanol–water partition coefficient (Wildman–Crippen LogP) is 2.27. The fraction of sp³-hybridized carbons (Fsp3) is 0.933. The second-order valence-electron chi connectivity index (χ2n) is 5.87. The Balaban J connectivity index is 1.84. The maximum atomic E-state index is 12.4. The van der Waals surface area contributed by atoms with Crippen molar-refractivity contribution < 1.29 is 14.3 Å². The Morgan fingerprint density at radius 2 is 2.16 bits per heavy atom. The summed E-state index contributed by atoms with van der Waals surface area (Å²) < 4.78 is 11.2. The monoisotopic (exact) mass is 269 g/mol. The molecule has 1 atom stereocenters. The van der Waals surface area contributed by atoms with Crippen molar-refractivity contribution in [2.75, 3.05) is 26.3 Å². The van der Waals surface area contributed by atoms with Crippen LogP contribution in [-0.4, -0.2) is 38.4 Å². The van der Waals surface area contributed by atoms with Gasteiger partial charge < -0.3 is 14.8 Å². The first-order chi connectivity index (χ1) is 9.27. The largest absolute Gasteiger partial charge is 0.463 e. The molecule has 0 spiro atoms. The van der Waals surface area contributed by atoms with Gasteiger partial charge in [-0.2, -0.15) is 0 Å². The zero-order valence-corrected chi connectivity index (χ0v) is 12.1. The quantitative estimate of drug-likeness (QED) is 0.778. The van der Waals surface area contributed by atoms with Crippen LogP contribution < -0.4 is 5.32 Å². The first-order valence-electron chi connectivity index (χ1n) is 7.76. The van der Waals surface area contributed by atoms with Crippen LogP contribution in [0.25, 0.3) is 0 Å². The van der Waals surface area contributed by atoms with E-state index in [0.29, 0.717) is 6.61 Å². The highest BCUT2D eigenvalue weighted by atomic mass is 16.6. The number of carbonyl (C=O) groups excluding carboxylic acids is 1. The van der Waals surface area contributed by atoms with E-state index in [0.717, 1.165) is 58.2 Å². The van der Waals surface area contributed by atoms with Gasteiger partial charge in [0.15, 0.2) is 0 Å². The fourth-order valence-electron chi connectivity index (χ4n) is 3.20. The van der Waals surface area contributed by atoms with Crippen molar-refractivity contribution >= 4 is 5.97 Å². The van der Waals surface area contributed by atoms with E-state index in [1.165, 1.54) is 6.42 Å². The molecule has 0 aromatic carbocycles. The van der Waals surface area contributed by atoms with Crippen molar-refractivity contribution in [3.05, 3.63) is 0 Å². The maximum absolute atomic E-state index is 12.4. The summed E-state index contributed by atoms with van der Waals surface area (Å²) in [4.78, 5) is 12.4. The Morgan fingerprint density at radius 3 is 2.79 bits per heavy atom. The van der Waals surface area contributed by atoms with E-state index in [1.807, 2.05) is 0 Å². The summed E-state index contributed by atoms with van der Waals surface area (Å²) in [7, 11) is 0. The van der Waals surface area contributed by atoms with Gasteiger partial charge in [0, 0.05) is 6.61 Å². The second kappa shape index (κ2) is 7.25. The van der Waals surface area contributed by atoms with Crippen molar-refractivity contribution in [2.45, 2.75) is 58.0 Å². The molecule has 2 fully saturated rings. The molecule has 0 aliphatic carbocycles. The van der Waals surface area contributed by atoms with Crippen LogP contribution in [0.5, 0.6) is 0 Å². The third kappa shape index (κ3) is 3.93. The normalized spacial score (nSPS) is 26.9. The Hall–Kier alpha value is -0.610. The van der Waals surface area contributed by atoms with Crippen LogP contribution in [0.3, 0.4) is 0 Å². The molecule has 1 N–H and O–H groups in total. The van der Waals surface area contributed by atoms with Gasteiger partial charge in [-0.3, -0.25) is 4.79 Å². The lowest BCUT2D eigenvalue weighted by Crippen LogP contribution is -2.44. The van der Waals surface area contributed by atoms with Gasteiger partial charge in [-0.05, 0) is 51.6 Å². The minimum absolute atomic E-state index is 0.00465. The molecule has 0 saturated carbocycles. The Kier molecular flexibility index (Phi) is 5.64. The van der Waals surface area contributed by atoms with Crippen molar-refractivity contribution in [2.24, 2.45) is 5.41 Å². The molecule has 110 valence electrons. The Morgan fingerprint density at radius 1 is 1.37 bits per heavy atom. The van der Waals surface area contributed by atoms with Crippen LogP contribution in [0.15, 0.2) is 0 Å². The predicted molar refractivity (Wildman–Crippen MR) is 74.0 cm³/mol. The van der Waals surface area contributed by atoms with E-state index in [2.05, 4.69) is 12.2 Å². The highest BCUT2D eigenvalue weighted by Gasteiger charge is 2.40. The van der Waals surface area contributed by atoms with Gasteiger partial charge in [-0.25, -0.2) is 0 Å². The average molecular weight is 269 g/mol. The molecule has 0 amide bonds. The average Bonchev–Trinajstić information content (AvgIpc) is 2.47. The molecule has 1 unspecified atom stereocenters. The molecule has 0 aromatic rings. The van der Waals surface area contributed by atoms with Crippen LogP contribution in [0.2, 0.25) is 0 Å². The minimum atomic E-state index is -0.241. The summed E-state index contributed by atoms with van der Waals surface area (Å²) in [6.45, 7) is 5.25.